The molecular weight excluding hydrogens is 1040 g/mol. The fourth-order valence-electron chi connectivity index (χ4n) is 19.0. The van der Waals surface area contributed by atoms with Crippen molar-refractivity contribution in [3.8, 4) is 0 Å². The maximum atomic E-state index is 16.5. The number of nitrogens with two attached hydrogens (primary N) is 1. The number of rotatable bonds is 10. The highest BCUT2D eigenvalue weighted by Gasteiger charge is 2.86. The van der Waals surface area contributed by atoms with Crippen LogP contribution in [0.5, 0.6) is 0 Å². The Morgan fingerprint density at radius 2 is 1.83 bits per heavy atom. The molecule has 2 spiro atoms. The van der Waals surface area contributed by atoms with Crippen LogP contribution in [0.15, 0.2) is 106 Å². The van der Waals surface area contributed by atoms with E-state index in [1.54, 1.807) is 6.07 Å². The van der Waals surface area contributed by atoms with Gasteiger partial charge >= 0.3 is 5.97 Å². The molecule has 446 valence electrons. The third kappa shape index (κ3) is 9.63. The Balaban J connectivity index is 0.922. The van der Waals surface area contributed by atoms with Crippen LogP contribution in [0.4, 0.5) is 0 Å². The normalized spacial score (nSPS) is 40.3. The Labute approximate surface area is 492 Å². The van der Waals surface area contributed by atoms with Crippen LogP contribution in [0.3, 0.4) is 0 Å². The Morgan fingerprint density at radius 3 is 2.63 bits per heavy atom. The summed E-state index contributed by atoms with van der Waals surface area (Å²) in [5.41, 5.74) is 8.10. The summed E-state index contributed by atoms with van der Waals surface area (Å²) < 4.78 is 14.3. The zero-order valence-corrected chi connectivity index (χ0v) is 50.0. The number of nitrogens with one attached hydrogen (secondary N) is 7. The van der Waals surface area contributed by atoms with Crippen LogP contribution in [0.1, 0.15) is 175 Å². The van der Waals surface area contributed by atoms with Gasteiger partial charge in [0, 0.05) is 61.3 Å². The van der Waals surface area contributed by atoms with Gasteiger partial charge in [0.15, 0.2) is 17.3 Å². The molecule has 10 N–H and O–H groups in total. The van der Waals surface area contributed by atoms with Crippen molar-refractivity contribution in [3.05, 3.63) is 117 Å². The van der Waals surface area contributed by atoms with E-state index in [1.165, 1.54) is 16.7 Å². The van der Waals surface area contributed by atoms with Crippen LogP contribution in [0.25, 0.3) is 0 Å². The summed E-state index contributed by atoms with van der Waals surface area (Å²) in [6.45, 7) is 8.80. The van der Waals surface area contributed by atoms with Gasteiger partial charge in [-0.25, -0.2) is 4.79 Å². The highest BCUT2D eigenvalue weighted by Crippen LogP contribution is 2.64. The Morgan fingerprint density at radius 1 is 0.988 bits per heavy atom. The molecule has 3 saturated carbocycles. The quantitative estimate of drug-likeness (QED) is 0.0467. The smallest absolute Gasteiger partial charge is 0.350 e. The van der Waals surface area contributed by atoms with Gasteiger partial charge in [0.25, 0.3) is 5.60 Å². The molecule has 13 rings (SSSR count). The highest BCUT2D eigenvalue weighted by molar-refractivity contribution is 6.33. The summed E-state index contributed by atoms with van der Waals surface area (Å²) >= 11 is 0. The van der Waals surface area contributed by atoms with Crippen LogP contribution in [-0.4, -0.2) is 109 Å². The number of esters is 1. The average Bonchev–Trinajstić information content (AvgIpc) is 1.83. The number of hydrogen-bond donors (Lipinski definition) is 9. The van der Waals surface area contributed by atoms with E-state index in [1.807, 2.05) is 38.5 Å². The molecule has 5 fully saturated rings. The molecule has 6 heterocycles. The number of allylic oxidation sites excluding steroid dienone is 5. The van der Waals surface area contributed by atoms with Crippen molar-refractivity contribution < 1.29 is 29.0 Å². The van der Waals surface area contributed by atoms with Gasteiger partial charge in [-0.15, -0.1) is 0 Å². The summed E-state index contributed by atoms with van der Waals surface area (Å²) in [6, 6.07) is 5.69. The van der Waals surface area contributed by atoms with E-state index in [2.05, 4.69) is 99.4 Å². The van der Waals surface area contributed by atoms with Crippen molar-refractivity contribution in [3.63, 3.8) is 0 Å². The molecule has 6 aliphatic carbocycles. The van der Waals surface area contributed by atoms with E-state index in [0.29, 0.717) is 42.9 Å². The zero-order chi connectivity index (χ0) is 57.5. The summed E-state index contributed by atoms with van der Waals surface area (Å²) in [6.07, 6.45) is 34.5. The van der Waals surface area contributed by atoms with E-state index < -0.39 is 46.2 Å². The standard InChI is InChI=1S/C68H93N9O6/c1-6-75-66-38-44-16-11-15-43-14-7-8-25-63(3,35-42-19-21-54(69)74-40-42)36-45-17-12-18-48-56(45)59(80)68(61(81)82-57(52(66)32-49(43)44)50-33-53(78)64(26-9-10-27-64)37-46(50)39-66)67(83-68,58(48)79)29-23-41(2)34-65(28-13-30-73-62(71-5)77-65)51-24-31-72-60-47(51)20-22-55(70-4)76-60/h11-12,16-19,21,23-24,38,40,43,46,49-50,52-55,57,70,72,74-76,78H,6-10,13-15,20,22,25-37,39,69H2,1-5H3,(H2,71,73,77). The first-order chi connectivity index (χ1) is 40.1. The molecule has 0 aromatic heterocycles. The van der Waals surface area contributed by atoms with Gasteiger partial charge in [0.05, 0.1) is 24.0 Å². The second-order valence-corrected chi connectivity index (χ2v) is 28.0. The molecule has 1 aromatic carbocycles. The number of nitrogens with zero attached hydrogens (tertiary/aromatic N) is 1. The van der Waals surface area contributed by atoms with Gasteiger partial charge < -0.3 is 57.5 Å². The summed E-state index contributed by atoms with van der Waals surface area (Å²) in [4.78, 5) is 53.6. The second kappa shape index (κ2) is 21.9. The van der Waals surface area contributed by atoms with Gasteiger partial charge in [-0.05, 0) is 186 Å². The second-order valence-electron chi connectivity index (χ2n) is 28.0. The molecule has 4 bridgehead atoms. The number of hydrogen-bond acceptors (Lipinski definition) is 13. The average molecular weight is 1130 g/mol. The summed E-state index contributed by atoms with van der Waals surface area (Å²) in [5, 5.41) is 37.9. The summed E-state index contributed by atoms with van der Waals surface area (Å²) in [5.74, 6) is 0.838. The highest BCUT2D eigenvalue weighted by atomic mass is 16.7. The number of likely N-dealkylation sites (N-methyl/N-ethyl adjacent to an activating group) is 1. The predicted molar refractivity (Wildman–Crippen MR) is 324 cm³/mol. The van der Waals surface area contributed by atoms with E-state index in [-0.39, 0.29) is 59.0 Å². The third-order valence-corrected chi connectivity index (χ3v) is 22.9. The van der Waals surface area contributed by atoms with E-state index >= 15 is 14.4 Å². The number of fused-ring (bicyclic) bond motifs is 2. The van der Waals surface area contributed by atoms with Crippen molar-refractivity contribution in [2.24, 2.45) is 51.1 Å². The lowest BCUT2D eigenvalue weighted by Crippen LogP contribution is -2.66. The summed E-state index contributed by atoms with van der Waals surface area (Å²) in [7, 11) is 3.80. The number of aliphatic imine (C=N–C) groups is 1. The first kappa shape index (κ1) is 56.8. The zero-order valence-electron chi connectivity index (χ0n) is 50.0. The van der Waals surface area contributed by atoms with Crippen LogP contribution >= 0.6 is 0 Å². The fourth-order valence-corrected chi connectivity index (χ4v) is 19.0. The SMILES string of the molecule is CCNC12C=C3C=CCC4CCCCC(C)(CC5=CNC(N)C=C5)Cc5cccc6c5C(=O)C5(OC5(CC=C(C)CC5(C7=CCNC8=C7CCC(NC)N8)CCCNC(=NC)N5)C6=O)C(=O)OC(C5CC(O)C6(CCCC6)CC5C1)C2CC34. The molecule has 2 saturated heterocycles. The first-order valence-corrected chi connectivity index (χ1v) is 32.2. The molecule has 0 radical (unpaired) electrons. The van der Waals surface area contributed by atoms with Crippen LogP contribution in [0, 0.1) is 40.4 Å². The van der Waals surface area contributed by atoms with Gasteiger partial charge in [-0.2, -0.15) is 0 Å². The molecule has 1 aromatic rings. The van der Waals surface area contributed by atoms with Crippen LogP contribution in [-0.2, 0) is 20.7 Å². The number of guanidine groups is 1. The van der Waals surface area contributed by atoms with Gasteiger partial charge in [0.2, 0.25) is 5.78 Å². The van der Waals surface area contributed by atoms with E-state index in [9.17, 15) is 5.11 Å². The fraction of sp³-hybridized carbons (Fsp3) is 0.647. The van der Waals surface area contributed by atoms with Crippen molar-refractivity contribution in [1.29, 1.82) is 0 Å². The Bertz CT molecular complexity index is 3040. The number of epoxide rings is 1. The molecule has 14 atom stereocenters. The van der Waals surface area contributed by atoms with Crippen molar-refractivity contribution in [1.82, 2.24) is 37.2 Å². The lowest BCUT2D eigenvalue weighted by Gasteiger charge is -2.60. The minimum atomic E-state index is -2.21. The molecule has 0 amide bonds. The van der Waals surface area contributed by atoms with E-state index in [0.717, 1.165) is 151 Å². The maximum absolute atomic E-state index is 16.5. The molecule has 14 unspecified atom stereocenters. The monoisotopic (exact) mass is 1130 g/mol. The lowest BCUT2D eigenvalue weighted by atomic mass is 9.49. The molecule has 15 nitrogen and oxygen atoms in total. The minimum Gasteiger partial charge on any atom is -0.459 e. The van der Waals surface area contributed by atoms with E-state index in [4.69, 9.17) is 15.2 Å². The van der Waals surface area contributed by atoms with Crippen molar-refractivity contribution in [2.45, 2.75) is 202 Å². The third-order valence-electron chi connectivity index (χ3n) is 22.9. The van der Waals surface area contributed by atoms with Crippen LogP contribution < -0.4 is 43.0 Å². The van der Waals surface area contributed by atoms with Crippen molar-refractivity contribution in [2.75, 3.05) is 33.7 Å². The molecule has 83 heavy (non-hydrogen) atoms. The maximum Gasteiger partial charge on any atom is 0.350 e. The number of aliphatic hydroxyl groups excluding tert-OH is 1. The number of dihydropyridines is 2. The molecular formula is C68H93N9O6. The topological polar surface area (TPSA) is 216 Å². The number of Topliss-reactive ketones (excluding diaryl/α,β-unsaturated/α-hetero) is 2. The molecule has 12 aliphatic rings. The first-order valence-electron chi connectivity index (χ1n) is 32.2. The van der Waals surface area contributed by atoms with Crippen molar-refractivity contribution >= 4 is 23.5 Å². The minimum absolute atomic E-state index is 0.0173. The number of benzene rings is 1. The van der Waals surface area contributed by atoms with Crippen LogP contribution in [0.2, 0.25) is 0 Å². The van der Waals surface area contributed by atoms with Gasteiger partial charge in [0.1, 0.15) is 11.9 Å². The number of ether oxygens (including phenoxy) is 2. The Kier molecular flexibility index (Phi) is 15.0. The van der Waals surface area contributed by atoms with Gasteiger partial charge in [-0.1, -0.05) is 99.8 Å². The number of ketones is 2. The largest absolute Gasteiger partial charge is 0.459 e. The number of carbonyl (C=O) groups excluding carboxylic acids is 3. The predicted octanol–water partition coefficient (Wildman–Crippen LogP) is 8.26. The molecule has 6 aliphatic heterocycles. The molecule has 15 heteroatoms. The lowest BCUT2D eigenvalue weighted by molar-refractivity contribution is -0.183. The van der Waals surface area contributed by atoms with Gasteiger partial charge in [-0.3, -0.25) is 14.6 Å². The number of aliphatic hydroxyl groups is 1. The Hall–Kier alpha value is -5.32. The number of carbonyl (C=O) groups is 3.